The Balaban J connectivity index is 1.54. The van der Waals surface area contributed by atoms with Crippen LogP contribution in [0.5, 0.6) is 5.88 Å². The van der Waals surface area contributed by atoms with E-state index in [0.717, 1.165) is 17.7 Å². The molecule has 3 rings (SSSR count). The van der Waals surface area contributed by atoms with Crippen molar-refractivity contribution in [3.8, 4) is 17.1 Å². The summed E-state index contributed by atoms with van der Waals surface area (Å²) in [6, 6.07) is 15.1. The third-order valence-electron chi connectivity index (χ3n) is 3.54. The number of halogens is 2. The molecule has 9 heteroatoms. The molecule has 0 saturated heterocycles. The number of hydrogen-bond acceptors (Lipinski definition) is 5. The number of nitrogens with zero attached hydrogens (tertiary/aromatic N) is 2. The lowest BCUT2D eigenvalue weighted by Crippen LogP contribution is -2.29. The number of aromatic nitrogens is 2. The zero-order valence-corrected chi connectivity index (χ0v) is 14.8. The normalized spacial score (nSPS) is 11.3. The van der Waals surface area contributed by atoms with Crippen molar-refractivity contribution in [2.24, 2.45) is 0 Å². The smallest absolute Gasteiger partial charge is 0.243 e. The summed E-state index contributed by atoms with van der Waals surface area (Å²) in [6.07, 6.45) is 0. The highest BCUT2D eigenvalue weighted by Gasteiger charge is 2.19. The minimum absolute atomic E-state index is 0.0403. The molecule has 140 valence electrons. The average molecular weight is 391 g/mol. The van der Waals surface area contributed by atoms with Crippen molar-refractivity contribution in [2.45, 2.75) is 4.90 Å². The number of hydrogen-bond donors (Lipinski definition) is 1. The van der Waals surface area contributed by atoms with Gasteiger partial charge < -0.3 is 4.74 Å². The number of benzene rings is 2. The first kappa shape index (κ1) is 18.9. The number of nitrogens with one attached hydrogen (secondary N) is 1. The topological polar surface area (TPSA) is 81.2 Å². The van der Waals surface area contributed by atoms with Gasteiger partial charge in [0.05, 0.1) is 5.69 Å². The lowest BCUT2D eigenvalue weighted by Gasteiger charge is -2.09. The Bertz CT molecular complexity index is 1010. The van der Waals surface area contributed by atoms with E-state index in [4.69, 9.17) is 4.74 Å². The van der Waals surface area contributed by atoms with Crippen LogP contribution in [0.15, 0.2) is 65.6 Å². The van der Waals surface area contributed by atoms with Crippen LogP contribution in [0.4, 0.5) is 8.78 Å². The van der Waals surface area contributed by atoms with E-state index in [0.29, 0.717) is 11.8 Å². The van der Waals surface area contributed by atoms with Gasteiger partial charge in [0.25, 0.3) is 0 Å². The number of sulfonamides is 1. The average Bonchev–Trinajstić information content (AvgIpc) is 2.66. The molecule has 0 amide bonds. The van der Waals surface area contributed by atoms with Gasteiger partial charge in [-0.2, -0.15) is 0 Å². The standard InChI is InChI=1S/C18H15F2N3O3S/c19-14-6-8-17(15(20)12-14)27(24,25)21-10-11-26-18-9-7-16(22-23-18)13-4-2-1-3-5-13/h1-9,12,21H,10-11H2. The van der Waals surface area contributed by atoms with Crippen LogP contribution < -0.4 is 9.46 Å². The van der Waals surface area contributed by atoms with Crippen LogP contribution in [0.3, 0.4) is 0 Å². The van der Waals surface area contributed by atoms with Gasteiger partial charge in [0.15, 0.2) is 0 Å². The molecule has 1 N–H and O–H groups in total. The van der Waals surface area contributed by atoms with Crippen LogP contribution in [0, 0.1) is 11.6 Å². The zero-order chi connectivity index (χ0) is 19.3. The fourth-order valence-electron chi connectivity index (χ4n) is 2.26. The second-order valence-corrected chi connectivity index (χ2v) is 7.18. The second-order valence-electron chi connectivity index (χ2n) is 5.44. The summed E-state index contributed by atoms with van der Waals surface area (Å²) < 4.78 is 58.0. The van der Waals surface area contributed by atoms with Crippen molar-refractivity contribution in [1.29, 1.82) is 0 Å². The predicted molar refractivity (Wildman–Crippen MR) is 94.5 cm³/mol. The highest BCUT2D eigenvalue weighted by atomic mass is 32.2. The molecular formula is C18H15F2N3O3S. The summed E-state index contributed by atoms with van der Waals surface area (Å²) in [5.41, 5.74) is 1.58. The summed E-state index contributed by atoms with van der Waals surface area (Å²) in [7, 11) is -4.11. The van der Waals surface area contributed by atoms with Crippen LogP contribution >= 0.6 is 0 Å². The third kappa shape index (κ3) is 4.83. The van der Waals surface area contributed by atoms with E-state index in [9.17, 15) is 17.2 Å². The Hall–Kier alpha value is -2.91. The highest BCUT2D eigenvalue weighted by Crippen LogP contribution is 2.17. The minimum atomic E-state index is -4.11. The largest absolute Gasteiger partial charge is 0.475 e. The Morgan fingerprint density at radius 3 is 2.41 bits per heavy atom. The van der Waals surface area contributed by atoms with E-state index < -0.39 is 26.6 Å². The molecule has 0 aliphatic heterocycles. The van der Waals surface area contributed by atoms with E-state index in [1.807, 2.05) is 30.3 Å². The molecule has 1 aromatic heterocycles. The summed E-state index contributed by atoms with van der Waals surface area (Å²) >= 11 is 0. The fourth-order valence-corrected chi connectivity index (χ4v) is 3.33. The monoisotopic (exact) mass is 391 g/mol. The van der Waals surface area contributed by atoms with Gasteiger partial charge in [-0.1, -0.05) is 30.3 Å². The van der Waals surface area contributed by atoms with Crippen molar-refractivity contribution in [3.63, 3.8) is 0 Å². The quantitative estimate of drug-likeness (QED) is 0.627. The first-order valence-electron chi connectivity index (χ1n) is 7.92. The molecule has 0 spiro atoms. The molecule has 0 fully saturated rings. The lowest BCUT2D eigenvalue weighted by atomic mass is 10.1. The van der Waals surface area contributed by atoms with Crippen molar-refractivity contribution >= 4 is 10.0 Å². The van der Waals surface area contributed by atoms with Crippen LogP contribution in [0.2, 0.25) is 0 Å². The van der Waals surface area contributed by atoms with Gasteiger partial charge in [-0.15, -0.1) is 10.2 Å². The maximum atomic E-state index is 13.6. The zero-order valence-electron chi connectivity index (χ0n) is 14.0. The van der Waals surface area contributed by atoms with E-state index in [2.05, 4.69) is 14.9 Å². The van der Waals surface area contributed by atoms with Gasteiger partial charge in [0.1, 0.15) is 23.1 Å². The molecule has 6 nitrogen and oxygen atoms in total. The molecule has 0 unspecified atom stereocenters. The van der Waals surface area contributed by atoms with E-state index in [1.165, 1.54) is 0 Å². The number of ether oxygens (including phenoxy) is 1. The summed E-state index contributed by atoms with van der Waals surface area (Å²) in [5.74, 6) is -1.79. The van der Waals surface area contributed by atoms with Gasteiger partial charge in [-0.05, 0) is 18.2 Å². The highest BCUT2D eigenvalue weighted by molar-refractivity contribution is 7.89. The summed E-state index contributed by atoms with van der Waals surface area (Å²) in [5, 5.41) is 7.97. The van der Waals surface area contributed by atoms with Gasteiger partial charge in [-0.3, -0.25) is 0 Å². The molecular weight excluding hydrogens is 376 g/mol. The van der Waals surface area contributed by atoms with Gasteiger partial charge in [0, 0.05) is 24.2 Å². The lowest BCUT2D eigenvalue weighted by molar-refractivity contribution is 0.307. The van der Waals surface area contributed by atoms with Crippen molar-refractivity contribution in [3.05, 3.63) is 72.3 Å². The molecule has 0 bridgehead atoms. The van der Waals surface area contributed by atoms with Crippen LogP contribution in [0.25, 0.3) is 11.3 Å². The van der Waals surface area contributed by atoms with Crippen LogP contribution in [-0.4, -0.2) is 31.8 Å². The molecule has 1 heterocycles. The second kappa shape index (κ2) is 8.19. The molecule has 3 aromatic rings. The maximum Gasteiger partial charge on any atom is 0.243 e. The Morgan fingerprint density at radius 2 is 1.74 bits per heavy atom. The van der Waals surface area contributed by atoms with Crippen LogP contribution in [0.1, 0.15) is 0 Å². The fraction of sp³-hybridized carbons (Fsp3) is 0.111. The predicted octanol–water partition coefficient (Wildman–Crippen LogP) is 2.78. The van der Waals surface area contributed by atoms with Crippen molar-refractivity contribution in [2.75, 3.05) is 13.2 Å². The SMILES string of the molecule is O=S(=O)(NCCOc1ccc(-c2ccccc2)nn1)c1ccc(F)cc1F. The van der Waals surface area contributed by atoms with E-state index >= 15 is 0 Å². The van der Waals surface area contributed by atoms with E-state index in [-0.39, 0.29) is 19.0 Å². The first-order valence-corrected chi connectivity index (χ1v) is 9.41. The van der Waals surface area contributed by atoms with Crippen molar-refractivity contribution in [1.82, 2.24) is 14.9 Å². The molecule has 0 saturated carbocycles. The van der Waals surface area contributed by atoms with Gasteiger partial charge in [0.2, 0.25) is 15.9 Å². The molecule has 0 radical (unpaired) electrons. The molecule has 0 atom stereocenters. The number of rotatable bonds is 7. The first-order chi connectivity index (χ1) is 13.0. The summed E-state index contributed by atoms with van der Waals surface area (Å²) in [4.78, 5) is -0.629. The Kier molecular flexibility index (Phi) is 5.72. The van der Waals surface area contributed by atoms with Crippen LogP contribution in [-0.2, 0) is 10.0 Å². The maximum absolute atomic E-state index is 13.6. The van der Waals surface area contributed by atoms with Gasteiger partial charge >= 0.3 is 0 Å². The molecule has 0 aliphatic rings. The van der Waals surface area contributed by atoms with Crippen molar-refractivity contribution < 1.29 is 21.9 Å². The Morgan fingerprint density at radius 1 is 0.963 bits per heavy atom. The minimum Gasteiger partial charge on any atom is -0.475 e. The summed E-state index contributed by atoms with van der Waals surface area (Å²) in [6.45, 7) is -0.164. The van der Waals surface area contributed by atoms with Gasteiger partial charge in [-0.25, -0.2) is 21.9 Å². The Labute approximate surface area is 154 Å². The third-order valence-corrected chi connectivity index (χ3v) is 5.03. The molecule has 27 heavy (non-hydrogen) atoms. The molecule has 0 aliphatic carbocycles. The van der Waals surface area contributed by atoms with E-state index in [1.54, 1.807) is 12.1 Å². The molecule has 2 aromatic carbocycles.